The quantitative estimate of drug-likeness (QED) is 0.340. The van der Waals surface area contributed by atoms with Crippen molar-refractivity contribution in [1.29, 1.82) is 10.5 Å². The average Bonchev–Trinajstić information content (AvgIpc) is 2.13. The van der Waals surface area contributed by atoms with Crippen molar-refractivity contribution in [2.45, 2.75) is 12.5 Å². The summed E-state index contributed by atoms with van der Waals surface area (Å²) >= 11 is 0. The van der Waals surface area contributed by atoms with Crippen molar-refractivity contribution in [3.63, 3.8) is 0 Å². The first-order valence-electron chi connectivity index (χ1n) is 3.91. The summed E-state index contributed by atoms with van der Waals surface area (Å²) in [4.78, 5) is 21.7. The van der Waals surface area contributed by atoms with Gasteiger partial charge in [0.1, 0.15) is 0 Å². The Labute approximate surface area is 143 Å². The summed E-state index contributed by atoms with van der Waals surface area (Å²) < 4.78 is 0. The van der Waals surface area contributed by atoms with Crippen molar-refractivity contribution < 1.29 is 78.9 Å². The number of carbonyl (C=O) groups excluding carboxylic acids is 2. The molecule has 0 aromatic heterocycles. The molecule has 0 bridgehead atoms. The van der Waals surface area contributed by atoms with Crippen LogP contribution in [0.4, 0.5) is 0 Å². The Morgan fingerprint density at radius 2 is 1.53 bits per heavy atom. The summed E-state index contributed by atoms with van der Waals surface area (Å²) in [6.45, 7) is -0.723. The Hall–Kier alpha value is -0.120. The summed E-state index contributed by atoms with van der Waals surface area (Å²) in [5, 5.41) is 37.5. The minimum absolute atomic E-state index is 0. The summed E-state index contributed by atoms with van der Waals surface area (Å²) in [7, 11) is 0. The van der Waals surface area contributed by atoms with Crippen LogP contribution in [-0.2, 0) is 9.59 Å². The number of rotatable bonds is 6. The average molecular weight is 255 g/mol. The molecule has 0 N–H and O–H groups in total. The number of carboxylic acid groups (broad SMARTS) is 2. The molecule has 0 saturated carbocycles. The van der Waals surface area contributed by atoms with Gasteiger partial charge in [-0.3, -0.25) is 4.90 Å². The fourth-order valence-electron chi connectivity index (χ4n) is 0.977. The fraction of sp³-hybridized carbons (Fsp3) is 0.500. The second kappa shape index (κ2) is 12.3. The zero-order chi connectivity index (χ0) is 11.8. The number of carbonyl (C=O) groups is 2. The third-order valence-corrected chi connectivity index (χ3v) is 1.62. The van der Waals surface area contributed by atoms with Crippen LogP contribution in [-0.4, -0.2) is 36.0 Å². The maximum atomic E-state index is 10.6. The van der Waals surface area contributed by atoms with Crippen molar-refractivity contribution >= 4 is 11.9 Å². The molecule has 0 amide bonds. The van der Waals surface area contributed by atoms with E-state index in [2.05, 4.69) is 0 Å². The number of hydrogen-bond donors (Lipinski definition) is 0. The molecule has 0 rings (SSSR count). The number of nitriles is 2. The van der Waals surface area contributed by atoms with Gasteiger partial charge in [0.05, 0.1) is 37.2 Å². The summed E-state index contributed by atoms with van der Waals surface area (Å²) in [6.07, 6.45) is -0.814. The summed E-state index contributed by atoms with van der Waals surface area (Å²) in [5.41, 5.74) is 0. The zero-order valence-electron chi connectivity index (χ0n) is 9.67. The van der Waals surface area contributed by atoms with Crippen molar-refractivity contribution in [2.24, 2.45) is 0 Å². The number of carboxylic acids is 2. The van der Waals surface area contributed by atoms with Crippen molar-refractivity contribution in [1.82, 2.24) is 4.90 Å². The second-order valence-corrected chi connectivity index (χ2v) is 2.63. The van der Waals surface area contributed by atoms with E-state index in [1.165, 1.54) is 0 Å². The molecule has 0 aliphatic carbocycles. The molecule has 9 heteroatoms. The minimum Gasteiger partial charge on any atom is -0.550 e. The van der Waals surface area contributed by atoms with Gasteiger partial charge in [-0.15, -0.1) is 0 Å². The van der Waals surface area contributed by atoms with Gasteiger partial charge in [-0.25, -0.2) is 0 Å². The first kappa shape index (κ1) is 22.1. The van der Waals surface area contributed by atoms with Crippen molar-refractivity contribution in [3.05, 3.63) is 0 Å². The van der Waals surface area contributed by atoms with E-state index in [-0.39, 0.29) is 72.2 Å². The molecule has 80 valence electrons. The first-order chi connectivity index (χ1) is 7.02. The molecule has 1 atom stereocenters. The predicted molar refractivity (Wildman–Crippen MR) is 41.2 cm³/mol. The van der Waals surface area contributed by atoms with Crippen LogP contribution in [0.1, 0.15) is 6.42 Å². The topological polar surface area (TPSA) is 131 Å². The Bertz CT molecular complexity index is 321. The Balaban J connectivity index is -0.000000980. The van der Waals surface area contributed by atoms with Crippen LogP contribution in [0.2, 0.25) is 0 Å². The van der Waals surface area contributed by atoms with Crippen LogP contribution >= 0.6 is 0 Å². The molecule has 7 nitrogen and oxygen atoms in total. The van der Waals surface area contributed by atoms with Gasteiger partial charge < -0.3 is 19.8 Å². The maximum Gasteiger partial charge on any atom is 1.00 e. The van der Waals surface area contributed by atoms with E-state index in [1.54, 1.807) is 12.1 Å². The van der Waals surface area contributed by atoms with Gasteiger partial charge in [-0.05, 0) is 0 Å². The van der Waals surface area contributed by atoms with Crippen LogP contribution in [0.3, 0.4) is 0 Å². The molecule has 0 radical (unpaired) electrons. The minimum atomic E-state index is -1.65. The van der Waals surface area contributed by atoms with Gasteiger partial charge in [0.15, 0.2) is 0 Å². The molecule has 17 heavy (non-hydrogen) atoms. The van der Waals surface area contributed by atoms with Gasteiger partial charge in [0.25, 0.3) is 0 Å². The van der Waals surface area contributed by atoms with E-state index < -0.39 is 24.4 Å². The van der Waals surface area contributed by atoms with E-state index >= 15 is 0 Å². The third-order valence-electron chi connectivity index (χ3n) is 1.62. The first-order valence-corrected chi connectivity index (χ1v) is 3.91. The van der Waals surface area contributed by atoms with Crippen LogP contribution in [0, 0.1) is 22.7 Å². The maximum absolute atomic E-state index is 10.6. The Morgan fingerprint density at radius 1 is 1.12 bits per heavy atom. The SMILES string of the molecule is N#CCN(CC#N)[C@@H](CC(=O)[O-])C(=O)[O-].[Na+].[Na+]. The van der Waals surface area contributed by atoms with Crippen molar-refractivity contribution in [3.8, 4) is 12.1 Å². The smallest absolute Gasteiger partial charge is 0.550 e. The second-order valence-electron chi connectivity index (χ2n) is 2.63. The fourth-order valence-corrected chi connectivity index (χ4v) is 0.977. The molecule has 0 saturated heterocycles. The zero-order valence-corrected chi connectivity index (χ0v) is 13.7. The molecule has 0 heterocycles. The van der Waals surface area contributed by atoms with Gasteiger partial charge in [-0.1, -0.05) is 0 Å². The Morgan fingerprint density at radius 3 is 1.76 bits per heavy atom. The molecule has 0 aliphatic rings. The van der Waals surface area contributed by atoms with E-state index in [9.17, 15) is 19.8 Å². The van der Waals surface area contributed by atoms with E-state index in [0.717, 1.165) is 4.90 Å². The van der Waals surface area contributed by atoms with Gasteiger partial charge >= 0.3 is 59.1 Å². The molecule has 0 spiro atoms. The molecular formula is C8H7N3Na2O4. The normalized spacial score (nSPS) is 10.1. The van der Waals surface area contributed by atoms with Crippen LogP contribution in [0.5, 0.6) is 0 Å². The molecule has 0 fully saturated rings. The number of hydrogen-bond acceptors (Lipinski definition) is 7. The standard InChI is InChI=1S/C8H9N3O4.2Na/c9-1-3-11(4-2-10)6(8(14)15)5-7(12)13;;/h6H,3-5H2,(H,12,13)(H,14,15);;/q;2*+1/p-2/t6-;;/m0../s1. The monoisotopic (exact) mass is 255 g/mol. The molecular weight excluding hydrogens is 248 g/mol. The van der Waals surface area contributed by atoms with Crippen LogP contribution < -0.4 is 69.3 Å². The summed E-state index contributed by atoms with van der Waals surface area (Å²) in [5.74, 6) is -3.23. The summed E-state index contributed by atoms with van der Waals surface area (Å²) in [6, 6.07) is 1.74. The molecule has 0 unspecified atom stereocenters. The predicted octanol–water partition coefficient (Wildman–Crippen LogP) is -9.40. The third kappa shape index (κ3) is 9.57. The molecule has 0 aromatic rings. The van der Waals surface area contributed by atoms with Gasteiger partial charge in [-0.2, -0.15) is 10.5 Å². The Kier molecular flexibility index (Phi) is 16.0. The molecule has 0 aliphatic heterocycles. The van der Waals surface area contributed by atoms with Crippen LogP contribution in [0.25, 0.3) is 0 Å². The number of aliphatic carboxylic acids is 2. The van der Waals surface area contributed by atoms with E-state index in [4.69, 9.17) is 10.5 Å². The van der Waals surface area contributed by atoms with Crippen molar-refractivity contribution in [2.75, 3.05) is 13.1 Å². The van der Waals surface area contributed by atoms with E-state index in [0.29, 0.717) is 0 Å². The number of nitrogens with zero attached hydrogens (tertiary/aromatic N) is 3. The van der Waals surface area contributed by atoms with Gasteiger partial charge in [0.2, 0.25) is 0 Å². The molecule has 0 aromatic carbocycles. The van der Waals surface area contributed by atoms with E-state index in [1.807, 2.05) is 0 Å². The van der Waals surface area contributed by atoms with Crippen LogP contribution in [0.15, 0.2) is 0 Å². The van der Waals surface area contributed by atoms with Gasteiger partial charge in [0, 0.05) is 12.4 Å². The largest absolute Gasteiger partial charge is 1.00 e.